The Morgan fingerprint density at radius 3 is 2.38 bits per heavy atom. The number of rotatable bonds is 7. The van der Waals surface area contributed by atoms with Crippen molar-refractivity contribution in [2.45, 2.75) is 32.7 Å². The first-order valence-electron chi connectivity index (χ1n) is 8.57. The van der Waals surface area contributed by atoms with Crippen LogP contribution in [0.1, 0.15) is 51.0 Å². The molecule has 138 valence electrons. The molecule has 26 heavy (non-hydrogen) atoms. The molecular weight excluding hydrogens is 334 g/mol. The minimum absolute atomic E-state index is 0.296. The molecule has 0 amide bonds. The maximum atomic E-state index is 12.4. The molecule has 1 heterocycles. The summed E-state index contributed by atoms with van der Waals surface area (Å²) in [6.45, 7) is 3.58. The molecule has 2 aromatic rings. The smallest absolute Gasteiger partial charge is 0.340 e. The fourth-order valence-electron chi connectivity index (χ4n) is 3.18. The molecule has 1 aromatic carbocycles. The van der Waals surface area contributed by atoms with E-state index in [1.807, 2.05) is 19.9 Å². The molecule has 3 rings (SSSR count). The second-order valence-corrected chi connectivity index (χ2v) is 6.46. The number of hydrogen-bond acceptors (Lipinski definition) is 5. The lowest BCUT2D eigenvalue weighted by Crippen LogP contribution is -2.15. The van der Waals surface area contributed by atoms with Crippen molar-refractivity contribution in [3.8, 4) is 11.5 Å². The van der Waals surface area contributed by atoms with Crippen LogP contribution in [0.25, 0.3) is 0 Å². The van der Waals surface area contributed by atoms with Gasteiger partial charge in [-0.05, 0) is 51.0 Å². The summed E-state index contributed by atoms with van der Waals surface area (Å²) in [6.07, 6.45) is 2.28. The minimum Gasteiger partial charge on any atom is -0.493 e. The van der Waals surface area contributed by atoms with E-state index in [9.17, 15) is 9.59 Å². The number of Topliss-reactive ketones (excluding diaryl/α,β-unsaturated/α-hetero) is 1. The highest BCUT2D eigenvalue weighted by Crippen LogP contribution is 2.38. The summed E-state index contributed by atoms with van der Waals surface area (Å²) in [6, 6.07) is 7.17. The highest BCUT2D eigenvalue weighted by atomic mass is 16.5. The Labute approximate surface area is 152 Å². The fourth-order valence-corrected chi connectivity index (χ4v) is 3.18. The van der Waals surface area contributed by atoms with E-state index in [0.717, 1.165) is 24.2 Å². The number of aromatic nitrogens is 1. The summed E-state index contributed by atoms with van der Waals surface area (Å²) in [5.41, 5.74) is 2.87. The fraction of sp³-hybridized carbons (Fsp3) is 0.400. The lowest BCUT2D eigenvalue weighted by Gasteiger charge is -2.10. The van der Waals surface area contributed by atoms with Crippen LogP contribution >= 0.6 is 0 Å². The Bertz CT molecular complexity index is 848. The lowest BCUT2D eigenvalue weighted by atomic mass is 10.1. The average molecular weight is 357 g/mol. The molecule has 1 aliphatic carbocycles. The van der Waals surface area contributed by atoms with E-state index in [2.05, 4.69) is 4.57 Å². The van der Waals surface area contributed by atoms with Crippen LogP contribution in [0.5, 0.6) is 11.5 Å². The number of ether oxygens (including phenoxy) is 3. The summed E-state index contributed by atoms with van der Waals surface area (Å²) >= 11 is 0. The van der Waals surface area contributed by atoms with Crippen molar-refractivity contribution in [2.75, 3.05) is 20.8 Å². The Balaban J connectivity index is 1.68. The van der Waals surface area contributed by atoms with Crippen LogP contribution < -0.4 is 9.47 Å². The van der Waals surface area contributed by atoms with E-state index in [1.54, 1.807) is 18.2 Å². The molecule has 0 bridgehead atoms. The first kappa shape index (κ1) is 18.0. The van der Waals surface area contributed by atoms with Gasteiger partial charge in [-0.3, -0.25) is 4.79 Å². The Hall–Kier alpha value is -2.76. The predicted molar refractivity (Wildman–Crippen MR) is 96.3 cm³/mol. The van der Waals surface area contributed by atoms with E-state index >= 15 is 0 Å². The van der Waals surface area contributed by atoms with E-state index in [0.29, 0.717) is 28.7 Å². The molecular formula is C20H23NO5. The van der Waals surface area contributed by atoms with Crippen LogP contribution in [0, 0.1) is 13.8 Å². The molecule has 6 heteroatoms. The Kier molecular flexibility index (Phi) is 5.02. The van der Waals surface area contributed by atoms with Crippen LogP contribution in [0.3, 0.4) is 0 Å². The predicted octanol–water partition coefficient (Wildman–Crippen LogP) is 3.50. The molecule has 0 radical (unpaired) electrons. The van der Waals surface area contributed by atoms with Gasteiger partial charge in [0.2, 0.25) is 0 Å². The summed E-state index contributed by atoms with van der Waals surface area (Å²) in [5.74, 6) is 0.223. The summed E-state index contributed by atoms with van der Waals surface area (Å²) in [5, 5.41) is 0. The normalized spacial score (nSPS) is 13.4. The number of esters is 1. The van der Waals surface area contributed by atoms with Gasteiger partial charge in [0.1, 0.15) is 0 Å². The van der Waals surface area contributed by atoms with Gasteiger partial charge in [0, 0.05) is 23.0 Å². The quantitative estimate of drug-likeness (QED) is 0.560. The van der Waals surface area contributed by atoms with Gasteiger partial charge in [0.15, 0.2) is 23.9 Å². The number of carbonyl (C=O) groups excluding carboxylic acids is 2. The van der Waals surface area contributed by atoms with Crippen molar-refractivity contribution in [1.82, 2.24) is 4.57 Å². The number of ketones is 1. The molecule has 1 saturated carbocycles. The van der Waals surface area contributed by atoms with Gasteiger partial charge in [0.05, 0.1) is 19.8 Å². The van der Waals surface area contributed by atoms with Gasteiger partial charge in [0.25, 0.3) is 0 Å². The summed E-state index contributed by atoms with van der Waals surface area (Å²) in [7, 11) is 3.03. The van der Waals surface area contributed by atoms with Crippen molar-refractivity contribution in [3.05, 3.63) is 46.8 Å². The van der Waals surface area contributed by atoms with Crippen molar-refractivity contribution in [2.24, 2.45) is 0 Å². The van der Waals surface area contributed by atoms with Gasteiger partial charge in [-0.25, -0.2) is 4.79 Å². The van der Waals surface area contributed by atoms with Crippen LogP contribution in [0.4, 0.5) is 0 Å². The van der Waals surface area contributed by atoms with Crippen molar-refractivity contribution in [3.63, 3.8) is 0 Å². The van der Waals surface area contributed by atoms with Gasteiger partial charge in [-0.1, -0.05) is 0 Å². The molecule has 0 spiro atoms. The molecule has 1 fully saturated rings. The number of nitrogens with zero attached hydrogens (tertiary/aromatic N) is 1. The molecule has 0 saturated heterocycles. The van der Waals surface area contributed by atoms with Crippen LogP contribution in [0.15, 0.2) is 24.3 Å². The minimum atomic E-state index is -0.473. The van der Waals surface area contributed by atoms with Crippen molar-refractivity contribution in [1.29, 1.82) is 0 Å². The zero-order valence-electron chi connectivity index (χ0n) is 15.5. The number of hydrogen-bond donors (Lipinski definition) is 0. The molecule has 0 aliphatic heterocycles. The molecule has 0 unspecified atom stereocenters. The SMILES string of the molecule is COc1ccc(C(=O)COC(=O)c2cc(C)n(C3CC3)c2C)cc1OC. The van der Waals surface area contributed by atoms with E-state index in [1.165, 1.54) is 14.2 Å². The van der Waals surface area contributed by atoms with Gasteiger partial charge >= 0.3 is 5.97 Å². The zero-order valence-corrected chi connectivity index (χ0v) is 15.5. The Morgan fingerprint density at radius 2 is 1.77 bits per heavy atom. The maximum absolute atomic E-state index is 12.4. The van der Waals surface area contributed by atoms with E-state index < -0.39 is 5.97 Å². The second-order valence-electron chi connectivity index (χ2n) is 6.46. The van der Waals surface area contributed by atoms with Gasteiger partial charge < -0.3 is 18.8 Å². The van der Waals surface area contributed by atoms with Crippen molar-refractivity contribution >= 4 is 11.8 Å². The first-order valence-corrected chi connectivity index (χ1v) is 8.57. The van der Waals surface area contributed by atoms with E-state index in [4.69, 9.17) is 14.2 Å². The van der Waals surface area contributed by atoms with Crippen LogP contribution in [-0.2, 0) is 4.74 Å². The highest BCUT2D eigenvalue weighted by molar-refractivity contribution is 6.00. The third-order valence-electron chi connectivity index (χ3n) is 4.66. The number of carbonyl (C=O) groups is 2. The Morgan fingerprint density at radius 1 is 1.08 bits per heavy atom. The third-order valence-corrected chi connectivity index (χ3v) is 4.66. The van der Waals surface area contributed by atoms with Crippen molar-refractivity contribution < 1.29 is 23.8 Å². The molecule has 0 atom stereocenters. The molecule has 6 nitrogen and oxygen atoms in total. The monoisotopic (exact) mass is 357 g/mol. The van der Waals surface area contributed by atoms with Crippen LogP contribution in [-0.4, -0.2) is 37.1 Å². The first-order chi connectivity index (χ1) is 12.5. The third kappa shape index (κ3) is 3.45. The number of aryl methyl sites for hydroxylation is 1. The summed E-state index contributed by atoms with van der Waals surface area (Å²) < 4.78 is 17.8. The highest BCUT2D eigenvalue weighted by Gasteiger charge is 2.29. The molecule has 1 aromatic heterocycles. The second kappa shape index (κ2) is 7.23. The van der Waals surface area contributed by atoms with E-state index in [-0.39, 0.29) is 12.4 Å². The van der Waals surface area contributed by atoms with Crippen LogP contribution in [0.2, 0.25) is 0 Å². The largest absolute Gasteiger partial charge is 0.493 e. The maximum Gasteiger partial charge on any atom is 0.340 e. The molecule has 0 N–H and O–H groups in total. The van der Waals surface area contributed by atoms with Gasteiger partial charge in [-0.2, -0.15) is 0 Å². The topological polar surface area (TPSA) is 66.8 Å². The average Bonchev–Trinajstić information content (AvgIpc) is 3.43. The number of methoxy groups -OCH3 is 2. The van der Waals surface area contributed by atoms with Gasteiger partial charge in [-0.15, -0.1) is 0 Å². The summed E-state index contributed by atoms with van der Waals surface area (Å²) in [4.78, 5) is 24.7. The zero-order chi connectivity index (χ0) is 18.8. The number of benzene rings is 1. The molecule has 1 aliphatic rings. The standard InChI is InChI=1S/C20H23NO5/c1-12-9-16(13(2)21(12)15-6-7-15)20(23)26-11-17(22)14-5-8-18(24-3)19(10-14)25-4/h5,8-10,15H,6-7,11H2,1-4H3. The lowest BCUT2D eigenvalue weighted by molar-refractivity contribution is 0.0474.